The van der Waals surface area contributed by atoms with E-state index in [1.54, 1.807) is 24.2 Å². The molecule has 0 aliphatic rings. The number of benzene rings is 1. The first-order valence-electron chi connectivity index (χ1n) is 8.50. The topological polar surface area (TPSA) is 62.3 Å². The molecule has 1 atom stereocenters. The maximum Gasteiger partial charge on any atom is 0.242 e. The van der Waals surface area contributed by atoms with Crippen LogP contribution in [0, 0.1) is 5.92 Å². The van der Waals surface area contributed by atoms with Crippen LogP contribution in [0.2, 0.25) is 0 Å². The van der Waals surface area contributed by atoms with Crippen LogP contribution in [-0.4, -0.2) is 27.7 Å². The third-order valence-corrected chi connectivity index (χ3v) is 4.01. The smallest absolute Gasteiger partial charge is 0.242 e. The molecule has 1 N–H and O–H groups in total. The van der Waals surface area contributed by atoms with Crippen LogP contribution >= 0.6 is 0 Å². The van der Waals surface area contributed by atoms with E-state index in [2.05, 4.69) is 10.3 Å². The first kappa shape index (κ1) is 18.6. The number of carbonyl (C=O) groups excluding carboxylic acids is 2. The van der Waals surface area contributed by atoms with Crippen molar-refractivity contribution < 1.29 is 9.59 Å². The zero-order chi connectivity index (χ0) is 18.2. The minimum absolute atomic E-state index is 0.0344. The summed E-state index contributed by atoms with van der Waals surface area (Å²) in [6, 6.07) is 12.9. The summed E-state index contributed by atoms with van der Waals surface area (Å²) in [6.07, 6.45) is 3.41. The van der Waals surface area contributed by atoms with E-state index in [0.29, 0.717) is 13.1 Å². The Morgan fingerprint density at radius 1 is 1.04 bits per heavy atom. The Balaban J connectivity index is 2.06. The van der Waals surface area contributed by atoms with Gasteiger partial charge in [0, 0.05) is 31.4 Å². The molecule has 1 aromatic carbocycles. The highest BCUT2D eigenvalue weighted by molar-refractivity contribution is 5.88. The van der Waals surface area contributed by atoms with Crippen LogP contribution in [0.15, 0.2) is 54.9 Å². The molecule has 0 aliphatic heterocycles. The average Bonchev–Trinajstić information content (AvgIpc) is 2.64. The lowest BCUT2D eigenvalue weighted by atomic mass is 10.1. The van der Waals surface area contributed by atoms with Crippen molar-refractivity contribution >= 4 is 11.8 Å². The predicted molar refractivity (Wildman–Crippen MR) is 97.4 cm³/mol. The number of amides is 2. The van der Waals surface area contributed by atoms with Crippen LogP contribution in [-0.2, 0) is 22.7 Å². The van der Waals surface area contributed by atoms with Crippen molar-refractivity contribution in [3.63, 3.8) is 0 Å². The van der Waals surface area contributed by atoms with Gasteiger partial charge in [0.25, 0.3) is 0 Å². The summed E-state index contributed by atoms with van der Waals surface area (Å²) in [7, 11) is 0. The molecular formula is C20H25N3O2. The molecular weight excluding hydrogens is 314 g/mol. The fourth-order valence-corrected chi connectivity index (χ4v) is 2.50. The Labute approximate surface area is 149 Å². The summed E-state index contributed by atoms with van der Waals surface area (Å²) < 4.78 is 0. The van der Waals surface area contributed by atoms with Gasteiger partial charge in [-0.1, -0.05) is 50.2 Å². The van der Waals surface area contributed by atoms with Gasteiger partial charge in [0.15, 0.2) is 0 Å². The number of hydrogen-bond acceptors (Lipinski definition) is 3. The van der Waals surface area contributed by atoms with Gasteiger partial charge in [-0.25, -0.2) is 0 Å². The Hall–Kier alpha value is -2.69. The standard InChI is InChI=1S/C20H25N3O2/c1-15(2)20(25)23(14-17-8-5-4-6-9-17)16(3)19(24)22-13-18-10-7-11-21-12-18/h4-12,15-16H,13-14H2,1-3H3,(H,22,24)/t16-/m0/s1. The van der Waals surface area contributed by atoms with Gasteiger partial charge in [-0.05, 0) is 24.1 Å². The van der Waals surface area contributed by atoms with E-state index in [4.69, 9.17) is 0 Å². The lowest BCUT2D eigenvalue weighted by Gasteiger charge is -2.30. The number of nitrogens with one attached hydrogen (secondary N) is 1. The lowest BCUT2D eigenvalue weighted by Crippen LogP contribution is -2.48. The van der Waals surface area contributed by atoms with Crippen molar-refractivity contribution in [1.82, 2.24) is 15.2 Å². The molecule has 132 valence electrons. The van der Waals surface area contributed by atoms with Gasteiger partial charge in [0.1, 0.15) is 6.04 Å². The molecule has 25 heavy (non-hydrogen) atoms. The molecule has 0 saturated carbocycles. The largest absolute Gasteiger partial charge is 0.350 e. The molecule has 0 aliphatic carbocycles. The number of nitrogens with zero attached hydrogens (tertiary/aromatic N) is 2. The van der Waals surface area contributed by atoms with Crippen LogP contribution in [0.1, 0.15) is 31.9 Å². The Morgan fingerprint density at radius 2 is 1.72 bits per heavy atom. The minimum Gasteiger partial charge on any atom is -0.350 e. The zero-order valence-electron chi connectivity index (χ0n) is 15.0. The van der Waals surface area contributed by atoms with Gasteiger partial charge in [-0.15, -0.1) is 0 Å². The summed E-state index contributed by atoms with van der Waals surface area (Å²) in [6.45, 7) is 6.27. The van der Waals surface area contributed by atoms with E-state index in [-0.39, 0.29) is 17.7 Å². The Morgan fingerprint density at radius 3 is 2.32 bits per heavy atom. The molecule has 0 spiro atoms. The molecule has 0 bridgehead atoms. The minimum atomic E-state index is -0.549. The van der Waals surface area contributed by atoms with E-state index in [1.807, 2.05) is 56.3 Å². The quantitative estimate of drug-likeness (QED) is 0.844. The summed E-state index contributed by atoms with van der Waals surface area (Å²) in [5.41, 5.74) is 1.93. The molecule has 1 heterocycles. The summed E-state index contributed by atoms with van der Waals surface area (Å²) in [5, 5.41) is 2.89. The van der Waals surface area contributed by atoms with Crippen molar-refractivity contribution in [3.8, 4) is 0 Å². The Kier molecular flexibility index (Phi) is 6.69. The van der Waals surface area contributed by atoms with E-state index < -0.39 is 6.04 Å². The average molecular weight is 339 g/mol. The fraction of sp³-hybridized carbons (Fsp3) is 0.350. The fourth-order valence-electron chi connectivity index (χ4n) is 2.50. The molecule has 5 nitrogen and oxygen atoms in total. The second kappa shape index (κ2) is 8.97. The van der Waals surface area contributed by atoms with Crippen LogP contribution < -0.4 is 5.32 Å². The lowest BCUT2D eigenvalue weighted by molar-refractivity contribution is -0.143. The summed E-state index contributed by atoms with van der Waals surface area (Å²) >= 11 is 0. The summed E-state index contributed by atoms with van der Waals surface area (Å²) in [4.78, 5) is 30.8. The van der Waals surface area contributed by atoms with E-state index in [0.717, 1.165) is 11.1 Å². The highest BCUT2D eigenvalue weighted by Gasteiger charge is 2.27. The predicted octanol–water partition coefficient (Wildman–Crippen LogP) is 2.77. The van der Waals surface area contributed by atoms with Gasteiger partial charge in [0.05, 0.1) is 0 Å². The first-order chi connectivity index (χ1) is 12.0. The zero-order valence-corrected chi connectivity index (χ0v) is 15.0. The van der Waals surface area contributed by atoms with Crippen molar-refractivity contribution in [2.45, 2.75) is 39.9 Å². The highest BCUT2D eigenvalue weighted by Crippen LogP contribution is 2.13. The Bertz CT molecular complexity index is 687. The van der Waals surface area contributed by atoms with Gasteiger partial charge in [0.2, 0.25) is 11.8 Å². The third kappa shape index (κ3) is 5.41. The van der Waals surface area contributed by atoms with Crippen molar-refractivity contribution in [3.05, 3.63) is 66.0 Å². The van der Waals surface area contributed by atoms with Crippen molar-refractivity contribution in [2.75, 3.05) is 0 Å². The number of pyridine rings is 1. The number of aromatic nitrogens is 1. The molecule has 0 unspecified atom stereocenters. The van der Waals surface area contributed by atoms with Crippen LogP contribution in [0.3, 0.4) is 0 Å². The van der Waals surface area contributed by atoms with Crippen molar-refractivity contribution in [1.29, 1.82) is 0 Å². The van der Waals surface area contributed by atoms with Crippen LogP contribution in [0.4, 0.5) is 0 Å². The SMILES string of the molecule is CC(C)C(=O)N(Cc1ccccc1)[C@@H](C)C(=O)NCc1cccnc1. The van der Waals surface area contributed by atoms with Crippen molar-refractivity contribution in [2.24, 2.45) is 5.92 Å². The van der Waals surface area contributed by atoms with Crippen LogP contribution in [0.25, 0.3) is 0 Å². The second-order valence-corrected chi connectivity index (χ2v) is 6.36. The molecule has 2 rings (SSSR count). The van der Waals surface area contributed by atoms with Gasteiger partial charge in [-0.3, -0.25) is 14.6 Å². The molecule has 2 aromatic rings. The number of rotatable bonds is 7. The number of hydrogen-bond donors (Lipinski definition) is 1. The molecule has 0 radical (unpaired) electrons. The third-order valence-electron chi connectivity index (χ3n) is 4.01. The van der Waals surface area contributed by atoms with Crippen LogP contribution in [0.5, 0.6) is 0 Å². The molecule has 0 fully saturated rings. The highest BCUT2D eigenvalue weighted by atomic mass is 16.2. The van der Waals surface area contributed by atoms with E-state index in [9.17, 15) is 9.59 Å². The molecule has 5 heteroatoms. The second-order valence-electron chi connectivity index (χ2n) is 6.36. The molecule has 0 saturated heterocycles. The summed E-state index contributed by atoms with van der Waals surface area (Å²) in [5.74, 6) is -0.376. The van der Waals surface area contributed by atoms with Gasteiger partial charge < -0.3 is 10.2 Å². The number of carbonyl (C=O) groups is 2. The maximum absolute atomic E-state index is 12.6. The van der Waals surface area contributed by atoms with E-state index >= 15 is 0 Å². The molecule has 1 aromatic heterocycles. The normalized spacial score (nSPS) is 11.8. The van der Waals surface area contributed by atoms with Gasteiger partial charge in [-0.2, -0.15) is 0 Å². The van der Waals surface area contributed by atoms with E-state index in [1.165, 1.54) is 0 Å². The monoisotopic (exact) mass is 339 g/mol. The van der Waals surface area contributed by atoms with Gasteiger partial charge >= 0.3 is 0 Å². The maximum atomic E-state index is 12.6. The molecule has 2 amide bonds. The first-order valence-corrected chi connectivity index (χ1v) is 8.50.